The third-order valence-electron chi connectivity index (χ3n) is 3.44. The summed E-state index contributed by atoms with van der Waals surface area (Å²) in [6.45, 7) is 2.05. The summed E-state index contributed by atoms with van der Waals surface area (Å²) >= 11 is 12.1. The molecule has 3 rings (SSSR count). The van der Waals surface area contributed by atoms with Crippen LogP contribution in [0, 0.1) is 0 Å². The van der Waals surface area contributed by atoms with Crippen LogP contribution in [-0.2, 0) is 4.74 Å². The Hall–Kier alpha value is -1.33. The number of nitrogens with one attached hydrogen (secondary N) is 1. The molecule has 1 saturated heterocycles. The van der Waals surface area contributed by atoms with E-state index in [2.05, 4.69) is 10.3 Å². The Morgan fingerprint density at radius 2 is 2.09 bits per heavy atom. The maximum atomic E-state index is 6.13. The van der Waals surface area contributed by atoms with E-state index in [0.717, 1.165) is 12.1 Å². The van der Waals surface area contributed by atoms with Gasteiger partial charge in [0.25, 0.3) is 0 Å². The molecule has 22 heavy (non-hydrogen) atoms. The molecule has 0 radical (unpaired) electrons. The van der Waals surface area contributed by atoms with Crippen molar-refractivity contribution >= 4 is 23.2 Å². The zero-order valence-corrected chi connectivity index (χ0v) is 13.3. The summed E-state index contributed by atoms with van der Waals surface area (Å²) in [6, 6.07) is 11.1. The molecule has 2 aromatic rings. The monoisotopic (exact) mass is 338 g/mol. The number of halogens is 2. The quantitative estimate of drug-likeness (QED) is 0.930. The summed E-state index contributed by atoms with van der Waals surface area (Å²) in [6.07, 6.45) is 1.27. The molecule has 0 amide bonds. The molecule has 0 saturated carbocycles. The fourth-order valence-corrected chi connectivity index (χ4v) is 2.70. The number of hydrogen-bond donors (Lipinski definition) is 1. The van der Waals surface area contributed by atoms with Gasteiger partial charge in [0.1, 0.15) is 12.2 Å². The Labute approximate surface area is 139 Å². The van der Waals surface area contributed by atoms with Gasteiger partial charge < -0.3 is 14.8 Å². The highest BCUT2D eigenvalue weighted by Gasteiger charge is 2.28. The van der Waals surface area contributed by atoms with Gasteiger partial charge in [-0.3, -0.25) is 0 Å². The van der Waals surface area contributed by atoms with E-state index in [0.29, 0.717) is 29.1 Å². The van der Waals surface area contributed by atoms with Gasteiger partial charge in [-0.05, 0) is 23.8 Å². The summed E-state index contributed by atoms with van der Waals surface area (Å²) in [5, 5.41) is 4.34. The van der Waals surface area contributed by atoms with Crippen molar-refractivity contribution < 1.29 is 9.47 Å². The standard InChI is InChI=1S/C16H16Cl2N2O2/c17-12-5-4-11(9-13(12)18)16-14(10-19-7-8-21-16)22-15-3-1-2-6-20-15/h1-6,9,14,16,19H,7-8,10H2. The first-order valence-corrected chi connectivity index (χ1v) is 7.84. The molecule has 2 atom stereocenters. The second-order valence-corrected chi connectivity index (χ2v) is 5.81. The minimum absolute atomic E-state index is 0.199. The zero-order valence-electron chi connectivity index (χ0n) is 11.8. The predicted molar refractivity (Wildman–Crippen MR) is 86.7 cm³/mol. The topological polar surface area (TPSA) is 43.4 Å². The van der Waals surface area contributed by atoms with Crippen molar-refractivity contribution in [3.05, 3.63) is 58.2 Å². The fraction of sp³-hybridized carbons (Fsp3) is 0.312. The van der Waals surface area contributed by atoms with E-state index in [-0.39, 0.29) is 12.2 Å². The lowest BCUT2D eigenvalue weighted by atomic mass is 10.0. The Balaban J connectivity index is 1.85. The largest absolute Gasteiger partial charge is 0.470 e. The van der Waals surface area contributed by atoms with Gasteiger partial charge in [-0.25, -0.2) is 4.98 Å². The number of ether oxygens (including phenoxy) is 2. The SMILES string of the molecule is Clc1ccc(C2OCCNCC2Oc2ccccn2)cc1Cl. The predicted octanol–water partition coefficient (Wildman–Crippen LogP) is 3.50. The number of hydrogen-bond acceptors (Lipinski definition) is 4. The maximum Gasteiger partial charge on any atom is 0.213 e. The number of benzene rings is 1. The molecule has 2 unspecified atom stereocenters. The molecule has 0 bridgehead atoms. The minimum Gasteiger partial charge on any atom is -0.470 e. The van der Waals surface area contributed by atoms with E-state index in [1.54, 1.807) is 12.3 Å². The number of aromatic nitrogens is 1. The molecule has 1 aliphatic rings. The van der Waals surface area contributed by atoms with Crippen molar-refractivity contribution in [1.29, 1.82) is 0 Å². The highest BCUT2D eigenvalue weighted by atomic mass is 35.5. The Morgan fingerprint density at radius 1 is 1.18 bits per heavy atom. The average Bonchev–Trinajstić information content (AvgIpc) is 2.77. The Bertz CT molecular complexity index is 625. The van der Waals surface area contributed by atoms with Crippen LogP contribution in [0.5, 0.6) is 5.88 Å². The highest BCUT2D eigenvalue weighted by molar-refractivity contribution is 6.42. The fourth-order valence-electron chi connectivity index (χ4n) is 2.39. The summed E-state index contributed by atoms with van der Waals surface area (Å²) in [7, 11) is 0. The molecule has 2 heterocycles. The van der Waals surface area contributed by atoms with Crippen LogP contribution in [0.4, 0.5) is 0 Å². The van der Waals surface area contributed by atoms with Gasteiger partial charge >= 0.3 is 0 Å². The van der Waals surface area contributed by atoms with E-state index in [1.165, 1.54) is 0 Å². The molecule has 1 aliphatic heterocycles. The second kappa shape index (κ2) is 7.29. The van der Waals surface area contributed by atoms with Crippen LogP contribution in [0.1, 0.15) is 11.7 Å². The zero-order chi connectivity index (χ0) is 15.4. The van der Waals surface area contributed by atoms with Gasteiger partial charge in [0.2, 0.25) is 5.88 Å². The first-order valence-electron chi connectivity index (χ1n) is 7.09. The third-order valence-corrected chi connectivity index (χ3v) is 4.18. The average molecular weight is 339 g/mol. The van der Waals surface area contributed by atoms with Crippen LogP contribution < -0.4 is 10.1 Å². The molecule has 1 aromatic heterocycles. The summed E-state index contributed by atoms with van der Waals surface area (Å²) < 4.78 is 11.9. The lowest BCUT2D eigenvalue weighted by Crippen LogP contribution is -2.34. The molecule has 6 heteroatoms. The third kappa shape index (κ3) is 3.70. The van der Waals surface area contributed by atoms with Crippen molar-refractivity contribution in [2.75, 3.05) is 19.7 Å². The minimum atomic E-state index is -0.230. The van der Waals surface area contributed by atoms with Crippen LogP contribution in [0.2, 0.25) is 10.0 Å². The van der Waals surface area contributed by atoms with Gasteiger partial charge in [0.15, 0.2) is 0 Å². The van der Waals surface area contributed by atoms with Crippen molar-refractivity contribution in [2.24, 2.45) is 0 Å². The molecule has 0 aliphatic carbocycles. The highest BCUT2D eigenvalue weighted by Crippen LogP contribution is 2.30. The van der Waals surface area contributed by atoms with E-state index in [9.17, 15) is 0 Å². The Morgan fingerprint density at radius 3 is 2.86 bits per heavy atom. The van der Waals surface area contributed by atoms with E-state index >= 15 is 0 Å². The molecular formula is C16H16Cl2N2O2. The maximum absolute atomic E-state index is 6.13. The first kappa shape index (κ1) is 15.6. The molecular weight excluding hydrogens is 323 g/mol. The van der Waals surface area contributed by atoms with Crippen molar-refractivity contribution in [2.45, 2.75) is 12.2 Å². The van der Waals surface area contributed by atoms with Gasteiger partial charge in [0, 0.05) is 25.4 Å². The lowest BCUT2D eigenvalue weighted by molar-refractivity contribution is -0.0100. The molecule has 1 aromatic carbocycles. The number of pyridine rings is 1. The number of rotatable bonds is 3. The lowest BCUT2D eigenvalue weighted by Gasteiger charge is -2.25. The van der Waals surface area contributed by atoms with Crippen LogP contribution in [0.25, 0.3) is 0 Å². The molecule has 0 spiro atoms. The smallest absolute Gasteiger partial charge is 0.213 e. The molecule has 4 nitrogen and oxygen atoms in total. The van der Waals surface area contributed by atoms with E-state index in [4.69, 9.17) is 32.7 Å². The summed E-state index contributed by atoms with van der Waals surface area (Å²) in [4.78, 5) is 4.21. The van der Waals surface area contributed by atoms with Crippen LogP contribution in [0.15, 0.2) is 42.6 Å². The number of nitrogens with zero attached hydrogens (tertiary/aromatic N) is 1. The van der Waals surface area contributed by atoms with Crippen molar-refractivity contribution in [3.63, 3.8) is 0 Å². The van der Waals surface area contributed by atoms with Crippen molar-refractivity contribution in [3.8, 4) is 5.88 Å². The molecule has 116 valence electrons. The normalized spacial score (nSPS) is 22.1. The van der Waals surface area contributed by atoms with E-state index < -0.39 is 0 Å². The van der Waals surface area contributed by atoms with Crippen LogP contribution in [0.3, 0.4) is 0 Å². The van der Waals surface area contributed by atoms with Gasteiger partial charge in [-0.2, -0.15) is 0 Å². The summed E-state index contributed by atoms with van der Waals surface area (Å²) in [5.41, 5.74) is 0.944. The van der Waals surface area contributed by atoms with Crippen LogP contribution >= 0.6 is 23.2 Å². The van der Waals surface area contributed by atoms with E-state index in [1.807, 2.05) is 30.3 Å². The Kier molecular flexibility index (Phi) is 5.16. The van der Waals surface area contributed by atoms with Crippen LogP contribution in [-0.4, -0.2) is 30.8 Å². The molecule has 1 fully saturated rings. The van der Waals surface area contributed by atoms with Gasteiger partial charge in [0.05, 0.1) is 16.7 Å². The van der Waals surface area contributed by atoms with Gasteiger partial charge in [-0.1, -0.05) is 35.3 Å². The molecule has 1 N–H and O–H groups in total. The van der Waals surface area contributed by atoms with Gasteiger partial charge in [-0.15, -0.1) is 0 Å². The van der Waals surface area contributed by atoms with Crippen molar-refractivity contribution in [1.82, 2.24) is 10.3 Å². The first-order chi connectivity index (χ1) is 10.7. The second-order valence-electron chi connectivity index (χ2n) is 4.99. The summed E-state index contributed by atoms with van der Waals surface area (Å²) in [5.74, 6) is 0.574.